The molecule has 0 aliphatic rings. The Labute approximate surface area is 75.1 Å². The molecule has 0 aliphatic carbocycles. The normalized spacial score (nSPS) is 9.82. The summed E-state index contributed by atoms with van der Waals surface area (Å²) in [6, 6.07) is 6.00. The van der Waals surface area contributed by atoms with Gasteiger partial charge in [-0.25, -0.2) is 5.84 Å². The Kier molecular flexibility index (Phi) is 2.52. The molecule has 1 aromatic carbocycles. The Morgan fingerprint density at radius 3 is 2.55 bits per heavy atom. The van der Waals surface area contributed by atoms with Gasteiger partial charge in [-0.1, -0.05) is 15.9 Å². The molecule has 1 rings (SSSR count). The summed E-state index contributed by atoms with van der Waals surface area (Å²) >= 11 is 3.42. The van der Waals surface area contributed by atoms with E-state index in [0.717, 1.165) is 10.2 Å². The van der Waals surface area contributed by atoms with Gasteiger partial charge in [-0.05, 0) is 30.7 Å². The molecule has 0 saturated heterocycles. The molecule has 0 saturated carbocycles. The van der Waals surface area contributed by atoms with E-state index in [2.05, 4.69) is 15.9 Å². The van der Waals surface area contributed by atoms with Crippen molar-refractivity contribution in [1.29, 1.82) is 0 Å². The van der Waals surface area contributed by atoms with Crippen molar-refractivity contribution in [3.63, 3.8) is 0 Å². The van der Waals surface area contributed by atoms with Crippen LogP contribution in [0.2, 0.25) is 0 Å². The molecule has 0 amide bonds. The number of benzene rings is 1. The summed E-state index contributed by atoms with van der Waals surface area (Å²) < 4.78 is 1.11. The molecular weight excluding hydrogens is 204 g/mol. The summed E-state index contributed by atoms with van der Waals surface area (Å²) in [7, 11) is 1.82. The van der Waals surface area contributed by atoms with Crippen LogP contribution in [0.5, 0.6) is 0 Å². The van der Waals surface area contributed by atoms with E-state index in [1.807, 2.05) is 32.2 Å². The van der Waals surface area contributed by atoms with Crippen LogP contribution in [-0.2, 0) is 0 Å². The fourth-order valence-electron chi connectivity index (χ4n) is 0.848. The van der Waals surface area contributed by atoms with Gasteiger partial charge in [-0.15, -0.1) is 0 Å². The maximum absolute atomic E-state index is 5.55. The number of aryl methyl sites for hydroxylation is 1. The van der Waals surface area contributed by atoms with Crippen LogP contribution in [0.25, 0.3) is 0 Å². The monoisotopic (exact) mass is 214 g/mol. The zero-order chi connectivity index (χ0) is 8.43. The minimum Gasteiger partial charge on any atom is -0.314 e. The first kappa shape index (κ1) is 8.56. The van der Waals surface area contributed by atoms with Crippen molar-refractivity contribution < 1.29 is 0 Å². The first-order valence-electron chi connectivity index (χ1n) is 3.36. The smallest absolute Gasteiger partial charge is 0.0517 e. The highest BCUT2D eigenvalue weighted by atomic mass is 79.9. The first-order chi connectivity index (χ1) is 5.11. The van der Waals surface area contributed by atoms with Crippen LogP contribution in [-0.4, -0.2) is 7.05 Å². The van der Waals surface area contributed by atoms with Gasteiger partial charge in [-0.2, -0.15) is 0 Å². The molecule has 2 N–H and O–H groups in total. The van der Waals surface area contributed by atoms with Crippen LogP contribution in [0.1, 0.15) is 5.56 Å². The SMILES string of the molecule is Cc1cc(N(C)N)ccc1Br. The molecule has 1 aromatic rings. The lowest BCUT2D eigenvalue weighted by Gasteiger charge is -2.12. The molecule has 0 radical (unpaired) electrons. The van der Waals surface area contributed by atoms with Crippen molar-refractivity contribution in [2.45, 2.75) is 6.92 Å². The van der Waals surface area contributed by atoms with Gasteiger partial charge >= 0.3 is 0 Å². The second kappa shape index (κ2) is 3.24. The van der Waals surface area contributed by atoms with Gasteiger partial charge in [0.1, 0.15) is 0 Å². The van der Waals surface area contributed by atoms with Crippen molar-refractivity contribution >= 4 is 21.6 Å². The highest BCUT2D eigenvalue weighted by Gasteiger charge is 1.97. The van der Waals surface area contributed by atoms with E-state index in [4.69, 9.17) is 5.84 Å². The number of nitrogens with zero attached hydrogens (tertiary/aromatic N) is 1. The first-order valence-corrected chi connectivity index (χ1v) is 4.15. The van der Waals surface area contributed by atoms with Gasteiger partial charge in [0.15, 0.2) is 0 Å². The minimum absolute atomic E-state index is 1.02. The van der Waals surface area contributed by atoms with E-state index in [1.165, 1.54) is 5.56 Å². The Bertz CT molecular complexity index is 258. The van der Waals surface area contributed by atoms with Crippen molar-refractivity contribution in [3.05, 3.63) is 28.2 Å². The lowest BCUT2D eigenvalue weighted by atomic mass is 10.2. The summed E-state index contributed by atoms with van der Waals surface area (Å²) in [5.41, 5.74) is 2.21. The topological polar surface area (TPSA) is 29.3 Å². The molecule has 60 valence electrons. The number of rotatable bonds is 1. The average molecular weight is 215 g/mol. The molecule has 0 spiro atoms. The van der Waals surface area contributed by atoms with Gasteiger partial charge in [0.2, 0.25) is 0 Å². The van der Waals surface area contributed by atoms with E-state index in [0.29, 0.717) is 0 Å². The van der Waals surface area contributed by atoms with Gasteiger partial charge in [0.05, 0.1) is 5.69 Å². The van der Waals surface area contributed by atoms with Crippen LogP contribution >= 0.6 is 15.9 Å². The molecule has 0 heterocycles. The van der Waals surface area contributed by atoms with Crippen LogP contribution in [0.4, 0.5) is 5.69 Å². The summed E-state index contributed by atoms with van der Waals surface area (Å²) in [5, 5.41) is 1.60. The average Bonchev–Trinajstić information content (AvgIpc) is 1.94. The molecule has 0 aliphatic heterocycles. The zero-order valence-corrected chi connectivity index (χ0v) is 8.22. The van der Waals surface area contributed by atoms with E-state index in [1.54, 1.807) is 5.01 Å². The Morgan fingerprint density at radius 1 is 1.45 bits per heavy atom. The third kappa shape index (κ3) is 1.94. The highest BCUT2D eigenvalue weighted by molar-refractivity contribution is 9.10. The second-order valence-electron chi connectivity index (χ2n) is 2.54. The third-order valence-corrected chi connectivity index (χ3v) is 2.44. The van der Waals surface area contributed by atoms with Crippen molar-refractivity contribution in [2.24, 2.45) is 5.84 Å². The zero-order valence-electron chi connectivity index (χ0n) is 6.63. The largest absolute Gasteiger partial charge is 0.314 e. The molecule has 0 atom stereocenters. The summed E-state index contributed by atoms with van der Waals surface area (Å²) in [6.45, 7) is 2.04. The number of anilines is 1. The van der Waals surface area contributed by atoms with Gasteiger partial charge in [0, 0.05) is 11.5 Å². The van der Waals surface area contributed by atoms with Gasteiger partial charge < -0.3 is 5.01 Å². The standard InChI is InChI=1S/C8H11BrN2/c1-6-5-7(11(2)10)3-4-8(6)9/h3-5H,10H2,1-2H3. The molecule has 3 heteroatoms. The molecule has 2 nitrogen and oxygen atoms in total. The Hall–Kier alpha value is -0.540. The lowest BCUT2D eigenvalue weighted by Crippen LogP contribution is -2.24. The molecule has 0 unspecified atom stereocenters. The van der Waals surface area contributed by atoms with Crippen molar-refractivity contribution in [2.75, 3.05) is 12.1 Å². The van der Waals surface area contributed by atoms with Crippen LogP contribution < -0.4 is 10.9 Å². The third-order valence-electron chi connectivity index (χ3n) is 1.55. The second-order valence-corrected chi connectivity index (χ2v) is 3.40. The fourth-order valence-corrected chi connectivity index (χ4v) is 1.09. The number of hydrazine groups is 1. The fraction of sp³-hybridized carbons (Fsp3) is 0.250. The maximum atomic E-state index is 5.55. The number of nitrogens with two attached hydrogens (primary N) is 1. The van der Waals surface area contributed by atoms with Crippen LogP contribution in [0.3, 0.4) is 0 Å². The van der Waals surface area contributed by atoms with Crippen LogP contribution in [0, 0.1) is 6.92 Å². The number of hydrogen-bond donors (Lipinski definition) is 1. The lowest BCUT2D eigenvalue weighted by molar-refractivity contribution is 1.01. The van der Waals surface area contributed by atoms with E-state index in [9.17, 15) is 0 Å². The maximum Gasteiger partial charge on any atom is 0.0517 e. The Morgan fingerprint density at radius 2 is 2.09 bits per heavy atom. The summed E-state index contributed by atoms with van der Waals surface area (Å²) in [4.78, 5) is 0. The van der Waals surface area contributed by atoms with E-state index >= 15 is 0 Å². The molecule has 0 aromatic heterocycles. The molecule has 0 bridgehead atoms. The van der Waals surface area contributed by atoms with Crippen molar-refractivity contribution in [3.8, 4) is 0 Å². The number of hydrogen-bond acceptors (Lipinski definition) is 2. The molecule has 0 fully saturated rings. The van der Waals surface area contributed by atoms with E-state index in [-0.39, 0.29) is 0 Å². The minimum atomic E-state index is 1.02. The summed E-state index contributed by atoms with van der Waals surface area (Å²) in [6.07, 6.45) is 0. The Balaban J connectivity index is 3.05. The highest BCUT2D eigenvalue weighted by Crippen LogP contribution is 2.20. The quantitative estimate of drug-likeness (QED) is 0.573. The molecular formula is C8H11BrN2. The summed E-state index contributed by atoms with van der Waals surface area (Å²) in [5.74, 6) is 5.55. The van der Waals surface area contributed by atoms with E-state index < -0.39 is 0 Å². The van der Waals surface area contributed by atoms with Gasteiger partial charge in [0.25, 0.3) is 0 Å². The van der Waals surface area contributed by atoms with Crippen molar-refractivity contribution in [1.82, 2.24) is 0 Å². The predicted octanol–water partition coefficient (Wildman–Crippen LogP) is 2.07. The van der Waals surface area contributed by atoms with Gasteiger partial charge in [-0.3, -0.25) is 0 Å². The van der Waals surface area contributed by atoms with Crippen LogP contribution in [0.15, 0.2) is 22.7 Å². The molecule has 11 heavy (non-hydrogen) atoms. The number of halogens is 1. The predicted molar refractivity (Wildman–Crippen MR) is 51.5 cm³/mol.